The summed E-state index contributed by atoms with van der Waals surface area (Å²) in [6.07, 6.45) is 1.35. The van der Waals surface area contributed by atoms with Crippen molar-refractivity contribution in [3.8, 4) is 0 Å². The largest absolute Gasteiger partial charge is 0.380 e. The Bertz CT molecular complexity index is 178. The monoisotopic (exact) mass is 249 g/mol. The lowest BCUT2D eigenvalue weighted by molar-refractivity contribution is -0.0257. The Labute approximate surface area is 104 Å². The smallest absolute Gasteiger partial charge is 0.0837 e. The molecule has 0 N–H and O–H groups in total. The molecular formula is C12H24ClNO2. The summed E-state index contributed by atoms with van der Waals surface area (Å²) >= 11 is 5.78. The van der Waals surface area contributed by atoms with Crippen LogP contribution in [0.25, 0.3) is 0 Å². The van der Waals surface area contributed by atoms with E-state index in [1.165, 1.54) is 0 Å². The molecule has 96 valence electrons. The van der Waals surface area contributed by atoms with Crippen molar-refractivity contribution in [3.63, 3.8) is 0 Å². The summed E-state index contributed by atoms with van der Waals surface area (Å²) in [5.41, 5.74) is 0. The third-order valence-electron chi connectivity index (χ3n) is 2.79. The van der Waals surface area contributed by atoms with Crippen molar-refractivity contribution in [1.29, 1.82) is 0 Å². The fourth-order valence-electron chi connectivity index (χ4n) is 1.69. The summed E-state index contributed by atoms with van der Waals surface area (Å²) in [6.45, 7) is 9.87. The normalized spacial score (nSPS) is 22.9. The first-order chi connectivity index (χ1) is 7.72. The van der Waals surface area contributed by atoms with Gasteiger partial charge in [0.05, 0.1) is 19.3 Å². The Morgan fingerprint density at radius 3 is 2.94 bits per heavy atom. The van der Waals surface area contributed by atoms with E-state index in [1.54, 1.807) is 0 Å². The Balaban J connectivity index is 1.99. The van der Waals surface area contributed by atoms with Gasteiger partial charge in [-0.2, -0.15) is 0 Å². The van der Waals surface area contributed by atoms with Crippen molar-refractivity contribution in [2.45, 2.75) is 26.4 Å². The molecule has 0 spiro atoms. The van der Waals surface area contributed by atoms with Gasteiger partial charge in [0.2, 0.25) is 0 Å². The summed E-state index contributed by atoms with van der Waals surface area (Å²) in [5.74, 6) is 1.31. The SMILES string of the molecule is CC(C)CCOCCN1CCOC(CCl)C1. The minimum absolute atomic E-state index is 0.200. The van der Waals surface area contributed by atoms with Gasteiger partial charge in [0, 0.05) is 32.1 Å². The lowest BCUT2D eigenvalue weighted by atomic mass is 10.1. The topological polar surface area (TPSA) is 21.7 Å². The van der Waals surface area contributed by atoms with E-state index < -0.39 is 0 Å². The summed E-state index contributed by atoms with van der Waals surface area (Å²) in [5, 5.41) is 0. The highest BCUT2D eigenvalue weighted by molar-refractivity contribution is 6.18. The Morgan fingerprint density at radius 1 is 1.44 bits per heavy atom. The molecule has 4 heteroatoms. The van der Waals surface area contributed by atoms with Crippen LogP contribution in [0.3, 0.4) is 0 Å². The predicted octanol–water partition coefficient (Wildman–Crippen LogP) is 1.99. The molecule has 16 heavy (non-hydrogen) atoms. The zero-order chi connectivity index (χ0) is 11.8. The molecule has 0 amide bonds. The van der Waals surface area contributed by atoms with Crippen LogP contribution in [0, 0.1) is 5.92 Å². The van der Waals surface area contributed by atoms with Crippen molar-refractivity contribution < 1.29 is 9.47 Å². The molecule has 1 saturated heterocycles. The molecule has 0 aliphatic carbocycles. The average molecular weight is 250 g/mol. The fraction of sp³-hybridized carbons (Fsp3) is 1.00. The maximum atomic E-state index is 5.78. The van der Waals surface area contributed by atoms with Crippen LogP contribution < -0.4 is 0 Å². The van der Waals surface area contributed by atoms with E-state index >= 15 is 0 Å². The third kappa shape index (κ3) is 6.04. The standard InChI is InChI=1S/C12H24ClNO2/c1-11(2)3-6-15-7-4-14-5-8-16-12(9-13)10-14/h11-12H,3-10H2,1-2H3. The van der Waals surface area contributed by atoms with E-state index in [2.05, 4.69) is 18.7 Å². The van der Waals surface area contributed by atoms with Gasteiger partial charge in [-0.15, -0.1) is 11.6 Å². The van der Waals surface area contributed by atoms with Gasteiger partial charge in [-0.1, -0.05) is 13.8 Å². The fourth-order valence-corrected chi connectivity index (χ4v) is 1.88. The highest BCUT2D eigenvalue weighted by Crippen LogP contribution is 2.06. The predicted molar refractivity (Wildman–Crippen MR) is 67.2 cm³/mol. The van der Waals surface area contributed by atoms with Crippen LogP contribution in [-0.4, -0.2) is 56.3 Å². The van der Waals surface area contributed by atoms with Gasteiger partial charge >= 0.3 is 0 Å². The molecule has 0 radical (unpaired) electrons. The molecule has 1 fully saturated rings. The lowest BCUT2D eigenvalue weighted by Crippen LogP contribution is -2.44. The molecule has 0 saturated carbocycles. The molecular weight excluding hydrogens is 226 g/mol. The lowest BCUT2D eigenvalue weighted by Gasteiger charge is -2.31. The number of nitrogens with zero attached hydrogens (tertiary/aromatic N) is 1. The molecule has 1 aliphatic heterocycles. The first-order valence-electron chi connectivity index (χ1n) is 6.20. The van der Waals surface area contributed by atoms with Crippen LogP contribution in [0.4, 0.5) is 0 Å². The second-order valence-electron chi connectivity index (χ2n) is 4.74. The van der Waals surface area contributed by atoms with E-state index in [0.29, 0.717) is 5.88 Å². The van der Waals surface area contributed by atoms with Gasteiger partial charge in [0.25, 0.3) is 0 Å². The van der Waals surface area contributed by atoms with Crippen LogP contribution >= 0.6 is 11.6 Å². The Kier molecular flexibility index (Phi) is 7.37. The van der Waals surface area contributed by atoms with Gasteiger partial charge in [0.1, 0.15) is 0 Å². The summed E-state index contributed by atoms with van der Waals surface area (Å²) < 4.78 is 11.1. The molecule has 0 bridgehead atoms. The van der Waals surface area contributed by atoms with Gasteiger partial charge in [-0.05, 0) is 12.3 Å². The summed E-state index contributed by atoms with van der Waals surface area (Å²) in [6, 6.07) is 0. The van der Waals surface area contributed by atoms with E-state index in [-0.39, 0.29) is 6.10 Å². The van der Waals surface area contributed by atoms with E-state index in [0.717, 1.165) is 51.8 Å². The molecule has 3 nitrogen and oxygen atoms in total. The zero-order valence-electron chi connectivity index (χ0n) is 10.5. The summed E-state index contributed by atoms with van der Waals surface area (Å²) in [7, 11) is 0. The number of halogens is 1. The van der Waals surface area contributed by atoms with E-state index in [1.807, 2.05) is 0 Å². The Hall–Kier alpha value is 0.170. The molecule has 0 aromatic rings. The van der Waals surface area contributed by atoms with Gasteiger partial charge < -0.3 is 9.47 Å². The first-order valence-corrected chi connectivity index (χ1v) is 6.73. The second kappa shape index (κ2) is 8.29. The average Bonchev–Trinajstić information content (AvgIpc) is 2.28. The van der Waals surface area contributed by atoms with Crippen molar-refractivity contribution in [2.75, 3.05) is 45.3 Å². The number of hydrogen-bond acceptors (Lipinski definition) is 3. The van der Waals surface area contributed by atoms with Gasteiger partial charge in [-0.3, -0.25) is 4.90 Å². The van der Waals surface area contributed by atoms with Crippen LogP contribution in [0.1, 0.15) is 20.3 Å². The molecule has 1 unspecified atom stereocenters. The molecule has 1 heterocycles. The molecule has 0 aromatic carbocycles. The van der Waals surface area contributed by atoms with Crippen molar-refractivity contribution in [2.24, 2.45) is 5.92 Å². The number of morpholine rings is 1. The highest BCUT2D eigenvalue weighted by Gasteiger charge is 2.18. The molecule has 1 aliphatic rings. The maximum Gasteiger partial charge on any atom is 0.0837 e. The number of alkyl halides is 1. The van der Waals surface area contributed by atoms with Gasteiger partial charge in [-0.25, -0.2) is 0 Å². The maximum absolute atomic E-state index is 5.78. The molecule has 1 rings (SSSR count). The second-order valence-corrected chi connectivity index (χ2v) is 5.05. The Morgan fingerprint density at radius 2 is 2.25 bits per heavy atom. The number of hydrogen-bond donors (Lipinski definition) is 0. The minimum Gasteiger partial charge on any atom is -0.380 e. The first kappa shape index (κ1) is 14.2. The van der Waals surface area contributed by atoms with Crippen molar-refractivity contribution >= 4 is 11.6 Å². The van der Waals surface area contributed by atoms with Crippen LogP contribution in [0.15, 0.2) is 0 Å². The van der Waals surface area contributed by atoms with Crippen molar-refractivity contribution in [3.05, 3.63) is 0 Å². The third-order valence-corrected chi connectivity index (χ3v) is 3.13. The van der Waals surface area contributed by atoms with E-state index in [9.17, 15) is 0 Å². The molecule has 1 atom stereocenters. The highest BCUT2D eigenvalue weighted by atomic mass is 35.5. The zero-order valence-corrected chi connectivity index (χ0v) is 11.2. The van der Waals surface area contributed by atoms with Gasteiger partial charge in [0.15, 0.2) is 0 Å². The van der Waals surface area contributed by atoms with E-state index in [4.69, 9.17) is 21.1 Å². The van der Waals surface area contributed by atoms with Crippen LogP contribution in [0.2, 0.25) is 0 Å². The van der Waals surface area contributed by atoms with Crippen LogP contribution in [0.5, 0.6) is 0 Å². The number of ether oxygens (including phenoxy) is 2. The number of rotatable bonds is 7. The summed E-state index contributed by atoms with van der Waals surface area (Å²) in [4.78, 5) is 2.37. The minimum atomic E-state index is 0.200. The quantitative estimate of drug-likeness (QED) is 0.509. The van der Waals surface area contributed by atoms with Crippen LogP contribution in [-0.2, 0) is 9.47 Å². The molecule has 0 aromatic heterocycles. The van der Waals surface area contributed by atoms with Crippen molar-refractivity contribution in [1.82, 2.24) is 4.90 Å².